The van der Waals surface area contributed by atoms with Gasteiger partial charge in [-0.1, -0.05) is 36.4 Å². The first-order valence-corrected chi connectivity index (χ1v) is 4.71. The number of allylic oxidation sites excluding steroid dienone is 1. The van der Waals surface area contributed by atoms with E-state index in [-0.39, 0.29) is 0 Å². The summed E-state index contributed by atoms with van der Waals surface area (Å²) in [5.41, 5.74) is 3.30. The van der Waals surface area contributed by atoms with Crippen LogP contribution >= 0.6 is 0 Å². The highest BCUT2D eigenvalue weighted by Crippen LogP contribution is 2.17. The van der Waals surface area contributed by atoms with Crippen LogP contribution in [0.25, 0.3) is 17.2 Å². The van der Waals surface area contributed by atoms with Crippen LogP contribution in [-0.2, 0) is 0 Å². The fourth-order valence-corrected chi connectivity index (χ4v) is 1.37. The molecule has 0 N–H and O–H groups in total. The van der Waals surface area contributed by atoms with Crippen LogP contribution in [0, 0.1) is 6.92 Å². The van der Waals surface area contributed by atoms with Gasteiger partial charge in [0.1, 0.15) is 6.33 Å². The Morgan fingerprint density at radius 3 is 2.20 bits per heavy atom. The van der Waals surface area contributed by atoms with Crippen molar-refractivity contribution in [2.75, 3.05) is 0 Å². The molecule has 2 aromatic rings. The van der Waals surface area contributed by atoms with Gasteiger partial charge in [0.25, 0.3) is 0 Å². The Morgan fingerprint density at radius 1 is 0.933 bits per heavy atom. The topological polar surface area (TPSA) is 25.8 Å². The van der Waals surface area contributed by atoms with Crippen LogP contribution in [0.1, 0.15) is 5.56 Å². The molecule has 2 rings (SSSR count). The van der Waals surface area contributed by atoms with Crippen molar-refractivity contribution in [3.8, 4) is 11.1 Å². The summed E-state index contributed by atoms with van der Waals surface area (Å²) in [6.45, 7) is 3.66. The third-order valence-electron chi connectivity index (χ3n) is 2.11. The molecular weight excluding hydrogens is 184 g/mol. The first kappa shape index (κ1) is 9.59. The third kappa shape index (κ3) is 2.29. The highest BCUT2D eigenvalue weighted by molar-refractivity contribution is 5.64. The maximum Gasteiger partial charge on any atom is 0.115 e. The van der Waals surface area contributed by atoms with Crippen LogP contribution in [0.5, 0.6) is 0 Å². The SMILES string of the molecule is [CH2]/C=C/c1ccc(-c2cncnc2)cc1. The molecule has 1 aromatic carbocycles. The standard InChI is InChI=1S/C13H11N2/c1-2-3-11-4-6-12(7-5-11)13-8-14-10-15-9-13/h2-10H,1H2/b3-2+. The number of hydrogen-bond acceptors (Lipinski definition) is 2. The lowest BCUT2D eigenvalue weighted by atomic mass is 10.1. The van der Waals surface area contributed by atoms with Gasteiger partial charge in [-0.05, 0) is 18.1 Å². The van der Waals surface area contributed by atoms with Crippen LogP contribution in [0.4, 0.5) is 0 Å². The molecule has 0 aliphatic carbocycles. The minimum absolute atomic E-state index is 1.03. The monoisotopic (exact) mass is 195 g/mol. The second kappa shape index (κ2) is 4.51. The molecule has 73 valence electrons. The van der Waals surface area contributed by atoms with Gasteiger partial charge in [0.05, 0.1) is 0 Å². The Hall–Kier alpha value is -1.96. The van der Waals surface area contributed by atoms with Gasteiger partial charge in [-0.3, -0.25) is 0 Å². The summed E-state index contributed by atoms with van der Waals surface area (Å²) in [7, 11) is 0. The van der Waals surface area contributed by atoms with Gasteiger partial charge in [-0.15, -0.1) is 0 Å². The summed E-state index contributed by atoms with van der Waals surface area (Å²) in [6, 6.07) is 8.19. The number of benzene rings is 1. The molecule has 0 aliphatic rings. The summed E-state index contributed by atoms with van der Waals surface area (Å²) in [6.07, 6.45) is 8.88. The lowest BCUT2D eigenvalue weighted by molar-refractivity contribution is 1.17. The van der Waals surface area contributed by atoms with Gasteiger partial charge in [0.15, 0.2) is 0 Å². The van der Waals surface area contributed by atoms with Gasteiger partial charge in [0, 0.05) is 18.0 Å². The summed E-state index contributed by atoms with van der Waals surface area (Å²) in [4.78, 5) is 7.97. The predicted octanol–water partition coefficient (Wildman–Crippen LogP) is 2.99. The summed E-state index contributed by atoms with van der Waals surface area (Å²) in [5, 5.41) is 0. The molecule has 15 heavy (non-hydrogen) atoms. The van der Waals surface area contributed by atoms with Crippen LogP contribution in [0.15, 0.2) is 49.1 Å². The number of rotatable bonds is 2. The summed E-state index contributed by atoms with van der Waals surface area (Å²) >= 11 is 0. The van der Waals surface area contributed by atoms with Crippen molar-refractivity contribution in [3.63, 3.8) is 0 Å². The van der Waals surface area contributed by atoms with Crippen LogP contribution in [-0.4, -0.2) is 9.97 Å². The molecule has 1 heterocycles. The van der Waals surface area contributed by atoms with E-state index in [9.17, 15) is 0 Å². The maximum absolute atomic E-state index is 3.98. The van der Waals surface area contributed by atoms with Gasteiger partial charge >= 0.3 is 0 Å². The highest BCUT2D eigenvalue weighted by atomic mass is 14.8. The smallest absolute Gasteiger partial charge is 0.115 e. The van der Waals surface area contributed by atoms with Crippen LogP contribution < -0.4 is 0 Å². The molecule has 0 atom stereocenters. The Labute approximate surface area is 89.3 Å². The van der Waals surface area contributed by atoms with E-state index in [0.717, 1.165) is 16.7 Å². The van der Waals surface area contributed by atoms with Crippen LogP contribution in [0.2, 0.25) is 0 Å². The van der Waals surface area contributed by atoms with E-state index in [1.54, 1.807) is 18.5 Å². The Morgan fingerprint density at radius 2 is 1.60 bits per heavy atom. The van der Waals surface area contributed by atoms with E-state index in [0.29, 0.717) is 0 Å². The van der Waals surface area contributed by atoms with Crippen LogP contribution in [0.3, 0.4) is 0 Å². The predicted molar refractivity (Wildman–Crippen MR) is 61.9 cm³/mol. The number of nitrogens with zero attached hydrogens (tertiary/aromatic N) is 2. The zero-order valence-electron chi connectivity index (χ0n) is 8.30. The van der Waals surface area contributed by atoms with Crippen molar-refractivity contribution >= 4 is 6.08 Å². The minimum Gasteiger partial charge on any atom is -0.244 e. The molecule has 2 heteroatoms. The van der Waals surface area contributed by atoms with Gasteiger partial charge in [-0.25, -0.2) is 9.97 Å². The van der Waals surface area contributed by atoms with Gasteiger partial charge in [0.2, 0.25) is 0 Å². The van der Waals surface area contributed by atoms with E-state index in [1.807, 2.05) is 30.3 Å². The average molecular weight is 195 g/mol. The molecule has 0 fully saturated rings. The Bertz CT molecular complexity index is 444. The van der Waals surface area contributed by atoms with Crippen molar-refractivity contribution in [1.82, 2.24) is 9.97 Å². The fourth-order valence-electron chi connectivity index (χ4n) is 1.37. The molecule has 0 bridgehead atoms. The Kier molecular flexibility index (Phi) is 2.88. The molecule has 1 radical (unpaired) electrons. The molecule has 0 spiro atoms. The van der Waals surface area contributed by atoms with E-state index in [4.69, 9.17) is 0 Å². The first-order chi connectivity index (χ1) is 7.40. The molecule has 1 aromatic heterocycles. The number of hydrogen-bond donors (Lipinski definition) is 0. The normalized spacial score (nSPS) is 10.7. The quantitative estimate of drug-likeness (QED) is 0.736. The Balaban J connectivity index is 2.32. The zero-order valence-corrected chi connectivity index (χ0v) is 8.30. The highest BCUT2D eigenvalue weighted by Gasteiger charge is 1.96. The lowest BCUT2D eigenvalue weighted by Gasteiger charge is -2.00. The second-order valence-corrected chi connectivity index (χ2v) is 3.15. The molecule has 0 saturated heterocycles. The van der Waals surface area contributed by atoms with E-state index in [2.05, 4.69) is 16.9 Å². The van der Waals surface area contributed by atoms with E-state index >= 15 is 0 Å². The summed E-state index contributed by atoms with van der Waals surface area (Å²) < 4.78 is 0. The first-order valence-electron chi connectivity index (χ1n) is 4.71. The summed E-state index contributed by atoms with van der Waals surface area (Å²) in [5.74, 6) is 0. The van der Waals surface area contributed by atoms with Crippen molar-refractivity contribution in [3.05, 3.63) is 61.5 Å². The van der Waals surface area contributed by atoms with Crippen molar-refractivity contribution in [2.45, 2.75) is 0 Å². The molecule has 2 nitrogen and oxygen atoms in total. The number of aromatic nitrogens is 2. The van der Waals surface area contributed by atoms with E-state index in [1.165, 1.54) is 6.33 Å². The molecular formula is C13H11N2. The molecule has 0 unspecified atom stereocenters. The average Bonchev–Trinajstić information content (AvgIpc) is 2.32. The van der Waals surface area contributed by atoms with Crippen molar-refractivity contribution in [2.24, 2.45) is 0 Å². The van der Waals surface area contributed by atoms with E-state index < -0.39 is 0 Å². The third-order valence-corrected chi connectivity index (χ3v) is 2.11. The molecule has 0 saturated carbocycles. The van der Waals surface area contributed by atoms with Gasteiger partial charge < -0.3 is 0 Å². The van der Waals surface area contributed by atoms with Crippen molar-refractivity contribution in [1.29, 1.82) is 0 Å². The van der Waals surface area contributed by atoms with Crippen molar-refractivity contribution < 1.29 is 0 Å². The largest absolute Gasteiger partial charge is 0.244 e. The van der Waals surface area contributed by atoms with Gasteiger partial charge in [-0.2, -0.15) is 0 Å². The fraction of sp³-hybridized carbons (Fsp3) is 0. The zero-order chi connectivity index (χ0) is 10.5. The minimum atomic E-state index is 1.03. The molecule has 0 aliphatic heterocycles. The molecule has 0 amide bonds. The lowest BCUT2D eigenvalue weighted by Crippen LogP contribution is -1.81. The maximum atomic E-state index is 3.98. The second-order valence-electron chi connectivity index (χ2n) is 3.15.